The first kappa shape index (κ1) is 19.7. The van der Waals surface area contributed by atoms with Crippen LogP contribution in [-0.4, -0.2) is 24.3 Å². The van der Waals surface area contributed by atoms with Gasteiger partial charge in [0.15, 0.2) is 12.4 Å². The SMILES string of the molecule is CC(=O)[C@@H](Cc1ccccc1)NC(=O)COc1ccc(C(C)(C)C)cc1. The van der Waals surface area contributed by atoms with Crippen molar-refractivity contribution in [2.45, 2.75) is 45.6 Å². The van der Waals surface area contributed by atoms with E-state index >= 15 is 0 Å². The number of carbonyl (C=O) groups is 2. The van der Waals surface area contributed by atoms with Gasteiger partial charge >= 0.3 is 0 Å². The Kier molecular flexibility index (Phi) is 6.56. The molecule has 26 heavy (non-hydrogen) atoms. The number of amides is 1. The van der Waals surface area contributed by atoms with Crippen LogP contribution < -0.4 is 10.1 Å². The maximum Gasteiger partial charge on any atom is 0.258 e. The monoisotopic (exact) mass is 353 g/mol. The van der Waals surface area contributed by atoms with Gasteiger partial charge in [0, 0.05) is 0 Å². The zero-order chi connectivity index (χ0) is 19.2. The highest BCUT2D eigenvalue weighted by Crippen LogP contribution is 2.24. The van der Waals surface area contributed by atoms with Gasteiger partial charge in [-0.3, -0.25) is 9.59 Å². The van der Waals surface area contributed by atoms with Crippen molar-refractivity contribution in [2.24, 2.45) is 0 Å². The number of benzene rings is 2. The lowest BCUT2D eigenvalue weighted by atomic mass is 9.87. The minimum atomic E-state index is -0.545. The normalized spacial score (nSPS) is 12.3. The Hall–Kier alpha value is -2.62. The van der Waals surface area contributed by atoms with Gasteiger partial charge in [-0.05, 0) is 42.0 Å². The molecule has 0 aromatic heterocycles. The molecule has 0 heterocycles. The lowest BCUT2D eigenvalue weighted by Gasteiger charge is -2.19. The first-order valence-corrected chi connectivity index (χ1v) is 8.83. The third-order valence-electron chi connectivity index (χ3n) is 4.20. The van der Waals surface area contributed by atoms with Gasteiger partial charge in [-0.1, -0.05) is 63.2 Å². The molecule has 1 N–H and O–H groups in total. The molecule has 0 radical (unpaired) electrons. The number of carbonyl (C=O) groups excluding carboxylic acids is 2. The molecule has 1 atom stereocenters. The first-order chi connectivity index (χ1) is 12.3. The van der Waals surface area contributed by atoms with E-state index in [1.165, 1.54) is 12.5 Å². The van der Waals surface area contributed by atoms with E-state index in [4.69, 9.17) is 4.74 Å². The van der Waals surface area contributed by atoms with Gasteiger partial charge in [-0.2, -0.15) is 0 Å². The fraction of sp³-hybridized carbons (Fsp3) is 0.364. The van der Waals surface area contributed by atoms with Gasteiger partial charge < -0.3 is 10.1 Å². The van der Waals surface area contributed by atoms with Crippen molar-refractivity contribution < 1.29 is 14.3 Å². The molecule has 1 amide bonds. The number of hydrogen-bond acceptors (Lipinski definition) is 3. The van der Waals surface area contributed by atoms with Crippen LogP contribution in [0.3, 0.4) is 0 Å². The molecule has 0 bridgehead atoms. The lowest BCUT2D eigenvalue weighted by molar-refractivity contribution is -0.128. The summed E-state index contributed by atoms with van der Waals surface area (Å²) < 4.78 is 5.54. The summed E-state index contributed by atoms with van der Waals surface area (Å²) in [6.07, 6.45) is 0.474. The molecule has 0 saturated carbocycles. The fourth-order valence-corrected chi connectivity index (χ4v) is 2.58. The summed E-state index contributed by atoms with van der Waals surface area (Å²) in [5.74, 6) is 0.258. The molecule has 0 unspecified atom stereocenters. The van der Waals surface area contributed by atoms with Crippen LogP contribution in [0.25, 0.3) is 0 Å². The molecule has 138 valence electrons. The van der Waals surface area contributed by atoms with E-state index in [0.717, 1.165) is 5.56 Å². The molecule has 2 rings (SSSR count). The molecule has 0 spiro atoms. The Labute approximate surface area is 155 Å². The predicted molar refractivity (Wildman–Crippen MR) is 103 cm³/mol. The number of ketones is 1. The number of Topliss-reactive ketones (excluding diaryl/α,β-unsaturated/α-hetero) is 1. The topological polar surface area (TPSA) is 55.4 Å². The van der Waals surface area contributed by atoms with Crippen LogP contribution in [0.1, 0.15) is 38.8 Å². The van der Waals surface area contributed by atoms with Gasteiger partial charge in [-0.25, -0.2) is 0 Å². The van der Waals surface area contributed by atoms with E-state index in [1.807, 2.05) is 54.6 Å². The largest absolute Gasteiger partial charge is 0.484 e. The minimum Gasteiger partial charge on any atom is -0.484 e. The van der Waals surface area contributed by atoms with Gasteiger partial charge in [0.25, 0.3) is 5.91 Å². The van der Waals surface area contributed by atoms with Crippen molar-refractivity contribution in [3.05, 3.63) is 65.7 Å². The quantitative estimate of drug-likeness (QED) is 0.826. The summed E-state index contributed by atoms with van der Waals surface area (Å²) in [5, 5.41) is 2.76. The maximum absolute atomic E-state index is 12.2. The van der Waals surface area contributed by atoms with Gasteiger partial charge in [0.05, 0.1) is 6.04 Å². The number of hydrogen-bond donors (Lipinski definition) is 1. The molecule has 0 saturated heterocycles. The summed E-state index contributed by atoms with van der Waals surface area (Å²) >= 11 is 0. The summed E-state index contributed by atoms with van der Waals surface area (Å²) in [6, 6.07) is 16.8. The van der Waals surface area contributed by atoms with Crippen LogP contribution in [0.4, 0.5) is 0 Å². The Morgan fingerprint density at radius 2 is 1.62 bits per heavy atom. The second-order valence-corrected chi connectivity index (χ2v) is 7.48. The predicted octanol–water partition coefficient (Wildman–Crippen LogP) is 3.68. The lowest BCUT2D eigenvalue weighted by Crippen LogP contribution is -2.43. The molecular weight excluding hydrogens is 326 g/mol. The molecule has 0 fully saturated rings. The molecule has 2 aromatic carbocycles. The molecule has 0 aliphatic heterocycles. The number of ether oxygens (including phenoxy) is 1. The van der Waals surface area contributed by atoms with Gasteiger partial charge in [0.1, 0.15) is 5.75 Å². The Balaban J connectivity index is 1.89. The Bertz CT molecular complexity index is 730. The second-order valence-electron chi connectivity index (χ2n) is 7.48. The van der Waals surface area contributed by atoms with E-state index in [1.54, 1.807) is 0 Å². The van der Waals surface area contributed by atoms with Crippen molar-refractivity contribution >= 4 is 11.7 Å². The number of nitrogens with one attached hydrogen (secondary N) is 1. The van der Waals surface area contributed by atoms with Crippen molar-refractivity contribution in [3.63, 3.8) is 0 Å². The summed E-state index contributed by atoms with van der Waals surface area (Å²) in [4.78, 5) is 24.0. The van der Waals surface area contributed by atoms with E-state index in [0.29, 0.717) is 12.2 Å². The second kappa shape index (κ2) is 8.65. The zero-order valence-corrected chi connectivity index (χ0v) is 15.9. The highest BCUT2D eigenvalue weighted by molar-refractivity contribution is 5.88. The fourth-order valence-electron chi connectivity index (χ4n) is 2.58. The summed E-state index contributed by atoms with van der Waals surface area (Å²) in [5.41, 5.74) is 2.28. The van der Waals surface area contributed by atoms with Crippen molar-refractivity contribution in [2.75, 3.05) is 6.61 Å². The Morgan fingerprint density at radius 3 is 2.15 bits per heavy atom. The Morgan fingerprint density at radius 1 is 1.00 bits per heavy atom. The minimum absolute atomic E-state index is 0.0715. The van der Waals surface area contributed by atoms with Crippen LogP contribution in [-0.2, 0) is 21.4 Å². The van der Waals surface area contributed by atoms with Gasteiger partial charge in [-0.15, -0.1) is 0 Å². The van der Waals surface area contributed by atoms with Crippen LogP contribution in [0.15, 0.2) is 54.6 Å². The van der Waals surface area contributed by atoms with Crippen LogP contribution >= 0.6 is 0 Å². The summed E-state index contributed by atoms with van der Waals surface area (Å²) in [6.45, 7) is 7.80. The maximum atomic E-state index is 12.2. The van der Waals surface area contributed by atoms with Crippen LogP contribution in [0, 0.1) is 0 Å². The van der Waals surface area contributed by atoms with Crippen LogP contribution in [0.5, 0.6) is 5.75 Å². The van der Waals surface area contributed by atoms with E-state index in [9.17, 15) is 9.59 Å². The molecule has 2 aromatic rings. The zero-order valence-electron chi connectivity index (χ0n) is 15.9. The third kappa shape index (κ3) is 6.03. The average Bonchev–Trinajstić information content (AvgIpc) is 2.60. The van der Waals surface area contributed by atoms with E-state index in [-0.39, 0.29) is 23.7 Å². The van der Waals surface area contributed by atoms with Crippen molar-refractivity contribution in [3.8, 4) is 5.75 Å². The highest BCUT2D eigenvalue weighted by Gasteiger charge is 2.18. The molecular formula is C22H27NO3. The summed E-state index contributed by atoms with van der Waals surface area (Å²) in [7, 11) is 0. The molecule has 4 heteroatoms. The molecule has 0 aliphatic carbocycles. The third-order valence-corrected chi connectivity index (χ3v) is 4.20. The van der Waals surface area contributed by atoms with Crippen molar-refractivity contribution in [1.82, 2.24) is 5.32 Å². The van der Waals surface area contributed by atoms with E-state index < -0.39 is 6.04 Å². The average molecular weight is 353 g/mol. The molecule has 4 nitrogen and oxygen atoms in total. The number of rotatable bonds is 7. The first-order valence-electron chi connectivity index (χ1n) is 8.83. The highest BCUT2D eigenvalue weighted by atomic mass is 16.5. The molecule has 0 aliphatic rings. The van der Waals surface area contributed by atoms with E-state index in [2.05, 4.69) is 26.1 Å². The smallest absolute Gasteiger partial charge is 0.258 e. The van der Waals surface area contributed by atoms with Crippen LogP contribution in [0.2, 0.25) is 0 Å². The van der Waals surface area contributed by atoms with Crippen molar-refractivity contribution in [1.29, 1.82) is 0 Å². The van der Waals surface area contributed by atoms with Gasteiger partial charge in [0.2, 0.25) is 0 Å². The standard InChI is InChI=1S/C22H27NO3/c1-16(24)20(14-17-8-6-5-7-9-17)23-21(25)15-26-19-12-10-18(11-13-19)22(2,3)4/h5-13,20H,14-15H2,1-4H3,(H,23,25)/t20-/m1/s1.